The molecule has 0 unspecified atom stereocenters. The van der Waals surface area contributed by atoms with Crippen molar-refractivity contribution in [2.45, 2.75) is 18.9 Å². The van der Waals surface area contributed by atoms with Crippen LogP contribution in [-0.2, 0) is 9.53 Å². The molecule has 6 nitrogen and oxygen atoms in total. The van der Waals surface area contributed by atoms with Gasteiger partial charge in [-0.05, 0) is 30.0 Å². The summed E-state index contributed by atoms with van der Waals surface area (Å²) in [6, 6.07) is 7.59. The van der Waals surface area contributed by atoms with Gasteiger partial charge in [-0.3, -0.25) is 4.79 Å². The number of ether oxygens (including phenoxy) is 1. The number of hydrogen-bond acceptors (Lipinski definition) is 5. The summed E-state index contributed by atoms with van der Waals surface area (Å²) in [6.45, 7) is 1.08. The third kappa shape index (κ3) is 4.17. The highest BCUT2D eigenvalue weighted by Crippen LogP contribution is 2.12. The Bertz CT molecular complexity index is 623. The Morgan fingerprint density at radius 3 is 2.68 bits per heavy atom. The molecular formula is C16H15N2O4-. The highest BCUT2D eigenvalue weighted by atomic mass is 16.5. The van der Waals surface area contributed by atoms with Crippen LogP contribution in [0.2, 0.25) is 0 Å². The van der Waals surface area contributed by atoms with Crippen molar-refractivity contribution < 1.29 is 19.4 Å². The molecule has 0 bridgehead atoms. The monoisotopic (exact) mass is 299 g/mol. The molecule has 114 valence electrons. The highest BCUT2D eigenvalue weighted by molar-refractivity contribution is 6.01. The molecule has 1 aliphatic rings. The van der Waals surface area contributed by atoms with Gasteiger partial charge in [-0.15, -0.1) is 0 Å². The van der Waals surface area contributed by atoms with E-state index in [9.17, 15) is 14.7 Å². The Morgan fingerprint density at radius 2 is 2.14 bits per heavy atom. The van der Waals surface area contributed by atoms with Crippen LogP contribution < -0.4 is 10.4 Å². The smallest absolute Gasteiger partial charge is 0.262 e. The summed E-state index contributed by atoms with van der Waals surface area (Å²) < 4.78 is 5.39. The van der Waals surface area contributed by atoms with Crippen molar-refractivity contribution in [1.82, 2.24) is 5.32 Å². The Balaban J connectivity index is 2.01. The topological polar surface area (TPSA) is 102 Å². The molecule has 0 aliphatic carbocycles. The minimum atomic E-state index is -1.27. The highest BCUT2D eigenvalue weighted by Gasteiger charge is 2.17. The number of nitrogens with zero attached hydrogens (tertiary/aromatic N) is 1. The van der Waals surface area contributed by atoms with Crippen molar-refractivity contribution in [3.63, 3.8) is 0 Å². The molecule has 1 N–H and O–H groups in total. The number of nitrogens with one attached hydrogen (secondary N) is 1. The normalized spacial score (nSPS) is 17.8. The first-order valence-corrected chi connectivity index (χ1v) is 6.93. The van der Waals surface area contributed by atoms with Crippen LogP contribution in [-0.4, -0.2) is 31.1 Å². The number of hydrogen-bond donors (Lipinski definition) is 1. The van der Waals surface area contributed by atoms with Crippen molar-refractivity contribution in [2.24, 2.45) is 0 Å². The summed E-state index contributed by atoms with van der Waals surface area (Å²) in [7, 11) is 0. The van der Waals surface area contributed by atoms with Crippen LogP contribution in [0.5, 0.6) is 0 Å². The van der Waals surface area contributed by atoms with Crippen LogP contribution in [0.25, 0.3) is 6.08 Å². The third-order valence-electron chi connectivity index (χ3n) is 3.34. The summed E-state index contributed by atoms with van der Waals surface area (Å²) in [5, 5.41) is 22.4. The van der Waals surface area contributed by atoms with E-state index in [0.29, 0.717) is 18.7 Å². The van der Waals surface area contributed by atoms with Crippen LogP contribution in [0, 0.1) is 11.3 Å². The lowest BCUT2D eigenvalue weighted by atomic mass is 10.1. The predicted molar refractivity (Wildman–Crippen MR) is 76.3 cm³/mol. The zero-order chi connectivity index (χ0) is 15.9. The molecule has 1 saturated heterocycles. The average molecular weight is 299 g/mol. The number of nitriles is 1. The molecule has 6 heteroatoms. The fraction of sp³-hybridized carbons (Fsp3) is 0.312. The van der Waals surface area contributed by atoms with Gasteiger partial charge in [0.2, 0.25) is 0 Å². The zero-order valence-corrected chi connectivity index (χ0v) is 11.9. The molecule has 1 atom stereocenters. The molecule has 0 spiro atoms. The maximum atomic E-state index is 11.9. The molecule has 1 fully saturated rings. The molecule has 1 heterocycles. The molecular weight excluding hydrogens is 284 g/mol. The van der Waals surface area contributed by atoms with Gasteiger partial charge in [0.05, 0.1) is 12.1 Å². The van der Waals surface area contributed by atoms with E-state index in [-0.39, 0.29) is 17.2 Å². The van der Waals surface area contributed by atoms with Crippen molar-refractivity contribution >= 4 is 18.0 Å². The number of carbonyl (C=O) groups is 2. The summed E-state index contributed by atoms with van der Waals surface area (Å²) in [6.07, 6.45) is 3.29. The Kier molecular flexibility index (Phi) is 5.28. The van der Waals surface area contributed by atoms with Crippen molar-refractivity contribution in [1.29, 1.82) is 5.26 Å². The molecule has 1 aromatic carbocycles. The van der Waals surface area contributed by atoms with Gasteiger partial charge in [-0.1, -0.05) is 24.3 Å². The van der Waals surface area contributed by atoms with Crippen LogP contribution >= 0.6 is 0 Å². The quantitative estimate of drug-likeness (QED) is 0.620. The van der Waals surface area contributed by atoms with Gasteiger partial charge in [0.1, 0.15) is 11.6 Å². The lowest BCUT2D eigenvalue weighted by molar-refractivity contribution is -0.255. The predicted octanol–water partition coefficient (Wildman–Crippen LogP) is 0.252. The maximum absolute atomic E-state index is 11.9. The van der Waals surface area contributed by atoms with E-state index >= 15 is 0 Å². The van der Waals surface area contributed by atoms with Gasteiger partial charge < -0.3 is 20.0 Å². The fourth-order valence-electron chi connectivity index (χ4n) is 2.14. The second kappa shape index (κ2) is 7.38. The standard InChI is InChI=1S/C16H16N2O4/c17-9-13(15(19)18-10-14-2-1-7-22-14)8-11-3-5-12(6-4-11)16(20)21/h3-6,8,14H,1-2,7,10H2,(H,18,19)(H,20,21)/p-1/b13-8+/t14-/m0/s1. The fourth-order valence-corrected chi connectivity index (χ4v) is 2.14. The minimum Gasteiger partial charge on any atom is -0.545 e. The van der Waals surface area contributed by atoms with Crippen LogP contribution in [0.3, 0.4) is 0 Å². The summed E-state index contributed by atoms with van der Waals surface area (Å²) >= 11 is 0. The minimum absolute atomic E-state index is 0.00578. The van der Waals surface area contributed by atoms with Gasteiger partial charge in [0.25, 0.3) is 5.91 Å². The Morgan fingerprint density at radius 1 is 1.41 bits per heavy atom. The third-order valence-corrected chi connectivity index (χ3v) is 3.34. The van der Waals surface area contributed by atoms with Gasteiger partial charge >= 0.3 is 0 Å². The first-order chi connectivity index (χ1) is 10.6. The molecule has 2 rings (SSSR count). The van der Waals surface area contributed by atoms with Gasteiger partial charge in [0.15, 0.2) is 0 Å². The zero-order valence-electron chi connectivity index (χ0n) is 11.9. The summed E-state index contributed by atoms with van der Waals surface area (Å²) in [4.78, 5) is 22.6. The lowest BCUT2D eigenvalue weighted by Gasteiger charge is -2.10. The summed E-state index contributed by atoms with van der Waals surface area (Å²) in [5.74, 6) is -1.74. The second-order valence-electron chi connectivity index (χ2n) is 4.92. The number of carboxylic acids is 1. The van der Waals surface area contributed by atoms with Gasteiger partial charge in [0, 0.05) is 13.2 Å². The molecule has 0 radical (unpaired) electrons. The van der Waals surface area contributed by atoms with Crippen LogP contribution in [0.4, 0.5) is 0 Å². The number of benzene rings is 1. The van der Waals surface area contributed by atoms with E-state index in [0.717, 1.165) is 12.8 Å². The number of aromatic carboxylic acids is 1. The van der Waals surface area contributed by atoms with Gasteiger partial charge in [-0.25, -0.2) is 0 Å². The van der Waals surface area contributed by atoms with Crippen molar-refractivity contribution in [2.75, 3.05) is 13.2 Å². The summed E-state index contributed by atoms with van der Waals surface area (Å²) in [5.41, 5.74) is 0.562. The number of rotatable bonds is 5. The number of carboxylic acid groups (broad SMARTS) is 1. The van der Waals surface area contributed by atoms with Crippen LogP contribution in [0.15, 0.2) is 29.8 Å². The number of amides is 1. The molecule has 0 saturated carbocycles. The van der Waals surface area contributed by atoms with E-state index in [1.807, 2.05) is 6.07 Å². The first-order valence-electron chi connectivity index (χ1n) is 6.93. The number of carbonyl (C=O) groups excluding carboxylic acids is 2. The maximum Gasteiger partial charge on any atom is 0.262 e. The van der Waals surface area contributed by atoms with E-state index in [4.69, 9.17) is 10.00 Å². The molecule has 0 aromatic heterocycles. The van der Waals surface area contributed by atoms with E-state index in [1.54, 1.807) is 0 Å². The lowest BCUT2D eigenvalue weighted by Crippen LogP contribution is -2.32. The first kappa shape index (κ1) is 15.7. The van der Waals surface area contributed by atoms with Crippen LogP contribution in [0.1, 0.15) is 28.8 Å². The molecule has 1 amide bonds. The molecule has 1 aliphatic heterocycles. The van der Waals surface area contributed by atoms with E-state index in [1.165, 1.54) is 30.3 Å². The SMILES string of the molecule is N#C/C(=C\c1ccc(C(=O)[O-])cc1)C(=O)NC[C@@H]1CCCO1. The van der Waals surface area contributed by atoms with Crippen molar-refractivity contribution in [3.8, 4) is 6.07 Å². The second-order valence-corrected chi connectivity index (χ2v) is 4.92. The Labute approximate surface area is 128 Å². The average Bonchev–Trinajstić information content (AvgIpc) is 3.04. The van der Waals surface area contributed by atoms with E-state index in [2.05, 4.69) is 5.32 Å². The van der Waals surface area contributed by atoms with Gasteiger partial charge in [-0.2, -0.15) is 5.26 Å². The largest absolute Gasteiger partial charge is 0.545 e. The van der Waals surface area contributed by atoms with Crippen molar-refractivity contribution in [3.05, 3.63) is 41.0 Å². The molecule has 22 heavy (non-hydrogen) atoms. The van der Waals surface area contributed by atoms with E-state index < -0.39 is 11.9 Å². The Hall–Kier alpha value is -2.65. The molecule has 1 aromatic rings.